The van der Waals surface area contributed by atoms with E-state index in [0.717, 1.165) is 12.1 Å². The van der Waals surface area contributed by atoms with E-state index in [9.17, 15) is 22.4 Å². The van der Waals surface area contributed by atoms with Gasteiger partial charge in [-0.05, 0) is 12.1 Å². The van der Waals surface area contributed by atoms with E-state index in [4.69, 9.17) is 23.2 Å². The van der Waals surface area contributed by atoms with Gasteiger partial charge in [0.05, 0.1) is 10.0 Å². The third kappa shape index (κ3) is 4.58. The number of hydrogen-bond donors (Lipinski definition) is 2. The minimum absolute atomic E-state index is 0.0222. The number of amides is 2. The quantitative estimate of drug-likeness (QED) is 0.633. The van der Waals surface area contributed by atoms with Gasteiger partial charge in [0.2, 0.25) is 0 Å². The maximum absolute atomic E-state index is 13.0. The normalized spacial score (nSPS) is 11.2. The molecule has 0 aliphatic carbocycles. The Hall–Kier alpha value is -1.21. The summed E-state index contributed by atoms with van der Waals surface area (Å²) in [7, 11) is 0. The summed E-state index contributed by atoms with van der Waals surface area (Å²) in [5.74, 6) is -0.875. The van der Waals surface area contributed by atoms with Crippen LogP contribution in [0.5, 0.6) is 0 Å². The SMILES string of the molecule is O=C(NCC(F)(F)F)Nc1cc(Cl)c(F)c(Cl)c1. The summed E-state index contributed by atoms with van der Waals surface area (Å²) in [6, 6.07) is 0.942. The van der Waals surface area contributed by atoms with E-state index in [2.05, 4.69) is 0 Å². The van der Waals surface area contributed by atoms with Gasteiger partial charge in [-0.3, -0.25) is 0 Å². The zero-order valence-electron chi connectivity index (χ0n) is 8.54. The van der Waals surface area contributed by atoms with Crippen molar-refractivity contribution in [2.75, 3.05) is 11.9 Å². The molecule has 0 unspecified atom stereocenters. The highest BCUT2D eigenvalue weighted by molar-refractivity contribution is 6.35. The van der Waals surface area contributed by atoms with Gasteiger partial charge in [-0.15, -0.1) is 0 Å². The number of rotatable bonds is 2. The number of carbonyl (C=O) groups excluding carboxylic acids is 1. The monoisotopic (exact) mass is 304 g/mol. The van der Waals surface area contributed by atoms with Crippen LogP contribution in [0, 0.1) is 5.82 Å². The summed E-state index contributed by atoms with van der Waals surface area (Å²) in [5.41, 5.74) is -0.0222. The second-order valence-corrected chi connectivity index (χ2v) is 3.99. The lowest BCUT2D eigenvalue weighted by Crippen LogP contribution is -2.36. The molecular formula is C9H6Cl2F4N2O. The molecule has 1 aromatic carbocycles. The number of anilines is 1. The van der Waals surface area contributed by atoms with Gasteiger partial charge < -0.3 is 10.6 Å². The van der Waals surface area contributed by atoms with Crippen molar-refractivity contribution in [3.05, 3.63) is 28.0 Å². The van der Waals surface area contributed by atoms with Crippen molar-refractivity contribution in [3.8, 4) is 0 Å². The molecule has 0 aromatic heterocycles. The number of alkyl halides is 3. The predicted octanol–water partition coefficient (Wildman–Crippen LogP) is 3.82. The summed E-state index contributed by atoms with van der Waals surface area (Å²) in [6.07, 6.45) is -4.52. The molecule has 0 saturated heterocycles. The first kappa shape index (κ1) is 14.8. The summed E-state index contributed by atoms with van der Waals surface area (Å²) >= 11 is 10.9. The van der Waals surface area contributed by atoms with Crippen molar-refractivity contribution in [1.29, 1.82) is 0 Å². The maximum Gasteiger partial charge on any atom is 0.405 e. The average Bonchev–Trinajstić information content (AvgIpc) is 2.22. The Bertz CT molecular complexity index is 441. The molecule has 0 aliphatic heterocycles. The summed E-state index contributed by atoms with van der Waals surface area (Å²) in [4.78, 5) is 11.1. The summed E-state index contributed by atoms with van der Waals surface area (Å²) in [5, 5.41) is 2.90. The molecule has 1 aromatic rings. The number of urea groups is 1. The topological polar surface area (TPSA) is 41.1 Å². The molecule has 0 radical (unpaired) electrons. The fraction of sp³-hybridized carbons (Fsp3) is 0.222. The third-order valence-electron chi connectivity index (χ3n) is 1.69. The Balaban J connectivity index is 2.65. The van der Waals surface area contributed by atoms with Crippen LogP contribution >= 0.6 is 23.2 Å². The van der Waals surface area contributed by atoms with E-state index in [1.807, 2.05) is 5.32 Å². The average molecular weight is 305 g/mol. The molecule has 0 spiro atoms. The van der Waals surface area contributed by atoms with Crippen LogP contribution in [0.2, 0.25) is 10.0 Å². The Morgan fingerprint density at radius 3 is 2.17 bits per heavy atom. The highest BCUT2D eigenvalue weighted by Gasteiger charge is 2.27. The van der Waals surface area contributed by atoms with Gasteiger partial charge >= 0.3 is 12.2 Å². The number of benzene rings is 1. The maximum atomic E-state index is 13.0. The number of halogens is 6. The summed E-state index contributed by atoms with van der Waals surface area (Å²) < 4.78 is 48.4. The molecule has 0 saturated carbocycles. The zero-order chi connectivity index (χ0) is 13.9. The first-order chi connectivity index (χ1) is 8.19. The van der Waals surface area contributed by atoms with Crippen LogP contribution < -0.4 is 10.6 Å². The lowest BCUT2D eigenvalue weighted by atomic mass is 10.3. The lowest BCUT2D eigenvalue weighted by molar-refractivity contribution is -0.122. The van der Waals surface area contributed by atoms with Crippen molar-refractivity contribution in [2.45, 2.75) is 6.18 Å². The van der Waals surface area contributed by atoms with Crippen LogP contribution in [0.1, 0.15) is 0 Å². The highest BCUT2D eigenvalue weighted by atomic mass is 35.5. The van der Waals surface area contributed by atoms with Gasteiger partial charge in [-0.2, -0.15) is 13.2 Å². The van der Waals surface area contributed by atoms with Gasteiger partial charge in [0.25, 0.3) is 0 Å². The Labute approximate surface area is 109 Å². The van der Waals surface area contributed by atoms with E-state index < -0.39 is 24.6 Å². The minimum atomic E-state index is -4.52. The predicted molar refractivity (Wildman–Crippen MR) is 59.5 cm³/mol. The molecule has 0 aliphatic rings. The van der Waals surface area contributed by atoms with Crippen molar-refractivity contribution >= 4 is 34.9 Å². The van der Waals surface area contributed by atoms with Crippen LogP contribution in [0.25, 0.3) is 0 Å². The molecule has 2 amide bonds. The first-order valence-electron chi connectivity index (χ1n) is 4.45. The van der Waals surface area contributed by atoms with E-state index in [0.29, 0.717) is 0 Å². The Morgan fingerprint density at radius 1 is 1.22 bits per heavy atom. The van der Waals surface area contributed by atoms with Gasteiger partial charge in [-0.1, -0.05) is 23.2 Å². The Kier molecular flexibility index (Phi) is 4.64. The van der Waals surface area contributed by atoms with Crippen LogP contribution in [0.4, 0.5) is 28.0 Å². The van der Waals surface area contributed by atoms with Crippen molar-refractivity contribution < 1.29 is 22.4 Å². The third-order valence-corrected chi connectivity index (χ3v) is 2.24. The molecule has 2 N–H and O–H groups in total. The zero-order valence-corrected chi connectivity index (χ0v) is 10.0. The smallest absolute Gasteiger partial charge is 0.329 e. The molecule has 18 heavy (non-hydrogen) atoms. The van der Waals surface area contributed by atoms with Crippen molar-refractivity contribution in [1.82, 2.24) is 5.32 Å². The molecule has 1 rings (SSSR count). The number of hydrogen-bond acceptors (Lipinski definition) is 1. The second kappa shape index (κ2) is 5.62. The van der Waals surface area contributed by atoms with Gasteiger partial charge in [0.15, 0.2) is 5.82 Å². The largest absolute Gasteiger partial charge is 0.405 e. The van der Waals surface area contributed by atoms with Gasteiger partial charge in [-0.25, -0.2) is 9.18 Å². The van der Waals surface area contributed by atoms with E-state index >= 15 is 0 Å². The molecule has 100 valence electrons. The fourth-order valence-corrected chi connectivity index (χ4v) is 1.47. The standard InChI is InChI=1S/C9H6Cl2F4N2O/c10-5-1-4(2-6(11)7(5)12)17-8(18)16-3-9(13,14)15/h1-2H,3H2,(H2,16,17,18). The highest BCUT2D eigenvalue weighted by Crippen LogP contribution is 2.27. The Morgan fingerprint density at radius 2 is 1.72 bits per heavy atom. The molecule has 3 nitrogen and oxygen atoms in total. The first-order valence-corrected chi connectivity index (χ1v) is 5.21. The molecule has 0 fully saturated rings. The molecule has 9 heteroatoms. The van der Waals surface area contributed by atoms with Crippen LogP contribution in [-0.4, -0.2) is 18.8 Å². The van der Waals surface area contributed by atoms with Crippen LogP contribution in [-0.2, 0) is 0 Å². The lowest BCUT2D eigenvalue weighted by Gasteiger charge is -2.10. The van der Waals surface area contributed by atoms with Crippen LogP contribution in [0.3, 0.4) is 0 Å². The van der Waals surface area contributed by atoms with E-state index in [1.54, 1.807) is 5.32 Å². The second-order valence-electron chi connectivity index (χ2n) is 3.18. The number of carbonyl (C=O) groups is 1. The molecular weight excluding hydrogens is 299 g/mol. The molecule has 0 bridgehead atoms. The van der Waals surface area contributed by atoms with Crippen LogP contribution in [0.15, 0.2) is 12.1 Å². The number of nitrogens with one attached hydrogen (secondary N) is 2. The summed E-state index contributed by atoms with van der Waals surface area (Å²) in [6.45, 7) is -1.48. The molecule has 0 atom stereocenters. The minimum Gasteiger partial charge on any atom is -0.329 e. The fourth-order valence-electron chi connectivity index (χ4n) is 0.983. The van der Waals surface area contributed by atoms with E-state index in [-0.39, 0.29) is 15.7 Å². The van der Waals surface area contributed by atoms with Gasteiger partial charge in [0, 0.05) is 5.69 Å². The molecule has 0 heterocycles. The van der Waals surface area contributed by atoms with E-state index in [1.165, 1.54) is 0 Å². The van der Waals surface area contributed by atoms with Crippen molar-refractivity contribution in [2.24, 2.45) is 0 Å². The van der Waals surface area contributed by atoms with Crippen molar-refractivity contribution in [3.63, 3.8) is 0 Å². The van der Waals surface area contributed by atoms with Gasteiger partial charge in [0.1, 0.15) is 6.54 Å².